The van der Waals surface area contributed by atoms with Crippen LogP contribution in [-0.2, 0) is 38.0 Å². The van der Waals surface area contributed by atoms with E-state index < -0.39 is 127 Å². The van der Waals surface area contributed by atoms with Crippen LogP contribution in [0.1, 0.15) is 78.1 Å². The summed E-state index contributed by atoms with van der Waals surface area (Å²) < 4.78 is 40.5. The molecular formula is C41H64O19. The summed E-state index contributed by atoms with van der Waals surface area (Å²) in [6.07, 6.45) is -14.5. The van der Waals surface area contributed by atoms with E-state index in [1.807, 2.05) is 0 Å². The lowest BCUT2D eigenvalue weighted by Crippen LogP contribution is -2.69. The van der Waals surface area contributed by atoms with Crippen molar-refractivity contribution in [3.05, 3.63) is 11.6 Å². The van der Waals surface area contributed by atoms with E-state index in [2.05, 4.69) is 6.92 Å². The van der Waals surface area contributed by atoms with Crippen molar-refractivity contribution in [2.75, 3.05) is 26.4 Å². The third-order valence-corrected chi connectivity index (χ3v) is 16.3. The van der Waals surface area contributed by atoms with E-state index in [4.69, 9.17) is 33.2 Å². The van der Waals surface area contributed by atoms with E-state index in [-0.39, 0.29) is 49.8 Å². The molecule has 4 saturated carbocycles. The zero-order valence-electron chi connectivity index (χ0n) is 34.1. The number of fused-ring (bicyclic) bond motifs is 5. The Balaban J connectivity index is 0.875. The summed E-state index contributed by atoms with van der Waals surface area (Å²) in [7, 11) is 0. The van der Waals surface area contributed by atoms with Crippen molar-refractivity contribution in [3.63, 3.8) is 0 Å². The Hall–Kier alpha value is -1.47. The quantitative estimate of drug-likeness (QED) is 0.0782. The smallest absolute Gasteiger partial charge is 0.331 e. The van der Waals surface area contributed by atoms with Gasteiger partial charge in [0.25, 0.3) is 0 Å². The summed E-state index contributed by atoms with van der Waals surface area (Å²) in [4.78, 5) is 12.0. The number of hydrogen-bond acceptors (Lipinski definition) is 19. The van der Waals surface area contributed by atoms with Crippen LogP contribution in [0.15, 0.2) is 11.6 Å². The number of cyclic esters (lactones) is 1. The first-order chi connectivity index (χ1) is 28.4. The molecule has 22 atom stereocenters. The number of rotatable bonds is 10. The Bertz CT molecular complexity index is 1570. The van der Waals surface area contributed by atoms with Gasteiger partial charge in [0.1, 0.15) is 61.5 Å². The number of carbonyl (C=O) groups excluding carboxylic acids is 1. The molecule has 8 rings (SSSR count). The minimum absolute atomic E-state index is 0.0209. The van der Waals surface area contributed by atoms with Crippen molar-refractivity contribution in [2.24, 2.45) is 28.6 Å². The lowest BCUT2D eigenvalue weighted by Gasteiger charge is -2.66. The SMILES string of the molecule is CC1OC(OC2CCC3(CO)C4CCC5(C)C(C6=CC(=O)OC6)CCC5(O)C4CCC3(O)C2)CC(O)C1OC1OC(CO)C(OC2OC(CO)C(O)C(O)C2O)C(O)C1O. The summed E-state index contributed by atoms with van der Waals surface area (Å²) in [6.45, 7) is 2.28. The molecule has 22 unspecified atom stereocenters. The second-order valence-corrected chi connectivity index (χ2v) is 19.1. The largest absolute Gasteiger partial charge is 0.458 e. The van der Waals surface area contributed by atoms with Crippen LogP contribution in [0.4, 0.5) is 0 Å². The Kier molecular flexibility index (Phi) is 12.7. The average molecular weight is 861 g/mol. The zero-order valence-corrected chi connectivity index (χ0v) is 34.1. The van der Waals surface area contributed by atoms with Gasteiger partial charge in [0.15, 0.2) is 18.9 Å². The van der Waals surface area contributed by atoms with E-state index in [0.29, 0.717) is 44.9 Å². The van der Waals surface area contributed by atoms with Gasteiger partial charge in [-0.05, 0) is 81.6 Å². The predicted octanol–water partition coefficient (Wildman–Crippen LogP) is -2.78. The molecule has 3 saturated heterocycles. The van der Waals surface area contributed by atoms with Crippen LogP contribution in [0.2, 0.25) is 0 Å². The normalized spacial score (nSPS) is 54.4. The fraction of sp³-hybridized carbons (Fsp3) is 0.927. The van der Waals surface area contributed by atoms with Gasteiger partial charge in [-0.2, -0.15) is 0 Å². The molecule has 4 heterocycles. The highest BCUT2D eigenvalue weighted by atomic mass is 16.8. The van der Waals surface area contributed by atoms with Gasteiger partial charge < -0.3 is 89.3 Å². The number of ether oxygens (including phenoxy) is 7. The van der Waals surface area contributed by atoms with Gasteiger partial charge in [-0.3, -0.25) is 0 Å². The van der Waals surface area contributed by atoms with E-state index in [1.54, 1.807) is 13.0 Å². The van der Waals surface area contributed by atoms with Crippen molar-refractivity contribution < 1.29 is 94.1 Å². The Morgan fingerprint density at radius 1 is 0.733 bits per heavy atom. The summed E-state index contributed by atoms with van der Waals surface area (Å²) in [5.74, 6) is -0.591. The topological polar surface area (TPSA) is 304 Å². The van der Waals surface area contributed by atoms with Crippen LogP contribution in [0.3, 0.4) is 0 Å². The lowest BCUT2D eigenvalue weighted by molar-refractivity contribution is -0.373. The van der Waals surface area contributed by atoms with E-state index in [9.17, 15) is 61.0 Å². The molecule has 0 spiro atoms. The molecule has 0 radical (unpaired) electrons. The third kappa shape index (κ3) is 7.21. The molecule has 0 aromatic rings. The number of esters is 1. The van der Waals surface area contributed by atoms with Crippen LogP contribution in [0.5, 0.6) is 0 Å². The van der Waals surface area contributed by atoms with Crippen LogP contribution in [-0.4, -0.2) is 192 Å². The second kappa shape index (κ2) is 16.8. The van der Waals surface area contributed by atoms with E-state index in [1.165, 1.54) is 0 Å². The fourth-order valence-corrected chi connectivity index (χ4v) is 13.0. The number of aliphatic hydroxyl groups is 11. The molecule has 342 valence electrons. The molecule has 0 aromatic heterocycles. The van der Waals surface area contributed by atoms with E-state index in [0.717, 1.165) is 12.0 Å². The molecule has 0 bridgehead atoms. The summed E-state index contributed by atoms with van der Waals surface area (Å²) in [6, 6.07) is 0. The van der Waals surface area contributed by atoms with Gasteiger partial charge >= 0.3 is 5.97 Å². The summed E-state index contributed by atoms with van der Waals surface area (Å²) >= 11 is 0. The van der Waals surface area contributed by atoms with Crippen LogP contribution in [0.25, 0.3) is 0 Å². The average Bonchev–Trinajstić information content (AvgIpc) is 3.77. The number of carbonyl (C=O) groups is 1. The Labute approximate surface area is 347 Å². The standard InChI is InChI=1S/C41H64O19/c1-18-34(59-37-33(51)31(49)35(26(15-43)58-37)60-36-32(50)30(48)29(47)25(14-42)57-36)24(45)12-28(55-18)56-20-3-8-39(17-44)22-4-7-38(2)21(19-11-27(46)54-16-19)6-10-41(38,53)23(22)5-9-40(39,52)13-20/h11,18,20-26,28-37,42-45,47-53H,3-10,12-17H2,1-2H3. The van der Waals surface area contributed by atoms with Crippen LogP contribution in [0, 0.1) is 28.6 Å². The maximum atomic E-state index is 12.6. The molecule has 0 amide bonds. The molecular weight excluding hydrogens is 796 g/mol. The molecule has 19 nitrogen and oxygen atoms in total. The van der Waals surface area contributed by atoms with Crippen molar-refractivity contribution in [1.29, 1.82) is 0 Å². The molecule has 8 aliphatic rings. The van der Waals surface area contributed by atoms with Crippen molar-refractivity contribution in [2.45, 2.75) is 181 Å². The Morgan fingerprint density at radius 3 is 2.05 bits per heavy atom. The second-order valence-electron chi connectivity index (χ2n) is 19.1. The minimum Gasteiger partial charge on any atom is -0.458 e. The molecule has 4 aliphatic heterocycles. The highest BCUT2D eigenvalue weighted by Crippen LogP contribution is 2.70. The van der Waals surface area contributed by atoms with Crippen LogP contribution < -0.4 is 0 Å². The molecule has 0 aromatic carbocycles. The first kappa shape index (κ1) is 45.1. The van der Waals surface area contributed by atoms with Gasteiger partial charge in [0.2, 0.25) is 0 Å². The van der Waals surface area contributed by atoms with Gasteiger partial charge in [-0.25, -0.2) is 4.79 Å². The third-order valence-electron chi connectivity index (χ3n) is 16.3. The first-order valence-electron chi connectivity index (χ1n) is 21.6. The fourth-order valence-electron chi connectivity index (χ4n) is 13.0. The van der Waals surface area contributed by atoms with Gasteiger partial charge in [0.05, 0.1) is 49.3 Å². The predicted molar refractivity (Wildman–Crippen MR) is 200 cm³/mol. The minimum atomic E-state index is -1.82. The summed E-state index contributed by atoms with van der Waals surface area (Å²) in [5.41, 5.74) is -2.69. The van der Waals surface area contributed by atoms with Gasteiger partial charge in [-0.1, -0.05) is 6.92 Å². The van der Waals surface area contributed by atoms with Crippen LogP contribution >= 0.6 is 0 Å². The molecule has 60 heavy (non-hydrogen) atoms. The molecule has 7 fully saturated rings. The van der Waals surface area contributed by atoms with Crippen molar-refractivity contribution in [3.8, 4) is 0 Å². The van der Waals surface area contributed by atoms with Gasteiger partial charge in [-0.15, -0.1) is 0 Å². The molecule has 4 aliphatic carbocycles. The number of aliphatic hydroxyl groups excluding tert-OH is 9. The Morgan fingerprint density at radius 2 is 1.40 bits per heavy atom. The van der Waals surface area contributed by atoms with E-state index >= 15 is 0 Å². The lowest BCUT2D eigenvalue weighted by atomic mass is 9.41. The zero-order chi connectivity index (χ0) is 43.1. The van der Waals surface area contributed by atoms with Crippen molar-refractivity contribution >= 4 is 5.97 Å². The molecule has 11 N–H and O–H groups in total. The van der Waals surface area contributed by atoms with Crippen molar-refractivity contribution in [1.82, 2.24) is 0 Å². The number of hydrogen-bond donors (Lipinski definition) is 11. The van der Waals surface area contributed by atoms with Gasteiger partial charge in [0, 0.05) is 29.7 Å². The first-order valence-corrected chi connectivity index (χ1v) is 21.6. The maximum absolute atomic E-state index is 12.6. The maximum Gasteiger partial charge on any atom is 0.331 e. The monoisotopic (exact) mass is 860 g/mol. The highest BCUT2D eigenvalue weighted by Gasteiger charge is 2.71. The summed E-state index contributed by atoms with van der Waals surface area (Å²) in [5, 5.41) is 120. The highest BCUT2D eigenvalue weighted by molar-refractivity contribution is 5.85. The molecule has 19 heteroatoms.